The van der Waals surface area contributed by atoms with Crippen LogP contribution in [0.25, 0.3) is 0 Å². The summed E-state index contributed by atoms with van der Waals surface area (Å²) in [6.07, 6.45) is 2.42. The molecule has 1 fully saturated rings. The number of nitrogen functional groups attached to an aromatic ring is 1. The second kappa shape index (κ2) is 6.89. The molecule has 0 aliphatic carbocycles. The van der Waals surface area contributed by atoms with Crippen LogP contribution in [0.3, 0.4) is 0 Å². The Balaban J connectivity index is 2.35. The molecule has 118 valence electrons. The smallest absolute Gasteiger partial charge is 0.243 e. The van der Waals surface area contributed by atoms with E-state index in [4.69, 9.17) is 5.84 Å². The molecule has 0 spiro atoms. The number of nitrogens with one attached hydrogen (secondary N) is 1. The molecule has 1 aliphatic heterocycles. The highest BCUT2D eigenvalue weighted by molar-refractivity contribution is 5.45. The average Bonchev–Trinajstić information content (AvgIpc) is 2.50. The number of rotatable bonds is 5. The summed E-state index contributed by atoms with van der Waals surface area (Å²) in [6, 6.07) is 0.443. The predicted molar refractivity (Wildman–Crippen MR) is 86.4 cm³/mol. The summed E-state index contributed by atoms with van der Waals surface area (Å²) in [6.45, 7) is 11.4. The van der Waals surface area contributed by atoms with Gasteiger partial charge in [0, 0.05) is 25.7 Å². The van der Waals surface area contributed by atoms with Crippen LogP contribution < -0.4 is 21.1 Å². The molecule has 0 aromatic carbocycles. The van der Waals surface area contributed by atoms with Crippen LogP contribution in [0.5, 0.6) is 0 Å². The zero-order valence-corrected chi connectivity index (χ0v) is 13.5. The molecule has 0 radical (unpaired) electrons. The zero-order valence-electron chi connectivity index (χ0n) is 13.5. The Hall–Kier alpha value is -1.63. The van der Waals surface area contributed by atoms with Gasteiger partial charge in [-0.2, -0.15) is 15.0 Å². The van der Waals surface area contributed by atoms with Crippen LogP contribution in [0.15, 0.2) is 0 Å². The fourth-order valence-electron chi connectivity index (χ4n) is 2.76. The Bertz CT molecular complexity index is 461. The lowest BCUT2D eigenvalue weighted by atomic mass is 9.95. The van der Waals surface area contributed by atoms with E-state index in [1.807, 2.05) is 0 Å². The Morgan fingerprint density at radius 3 is 2.52 bits per heavy atom. The van der Waals surface area contributed by atoms with Gasteiger partial charge in [0.25, 0.3) is 0 Å². The lowest BCUT2D eigenvalue weighted by Crippen LogP contribution is -2.42. The van der Waals surface area contributed by atoms with Gasteiger partial charge in [-0.25, -0.2) is 5.84 Å². The van der Waals surface area contributed by atoms with Gasteiger partial charge in [-0.05, 0) is 39.5 Å². The van der Waals surface area contributed by atoms with E-state index < -0.39 is 0 Å². The molecule has 1 saturated heterocycles. The molecular formula is C14H27N7. The first-order chi connectivity index (χ1) is 10.1. The molecule has 2 unspecified atom stereocenters. The van der Waals surface area contributed by atoms with Crippen molar-refractivity contribution in [1.82, 2.24) is 15.0 Å². The Morgan fingerprint density at radius 1 is 1.19 bits per heavy atom. The number of piperidine rings is 1. The first kappa shape index (κ1) is 15.8. The molecule has 1 aliphatic rings. The molecule has 1 aromatic heterocycles. The van der Waals surface area contributed by atoms with Gasteiger partial charge in [-0.3, -0.25) is 5.43 Å². The molecule has 1 aromatic rings. The molecule has 7 nitrogen and oxygen atoms in total. The highest BCUT2D eigenvalue weighted by atomic mass is 15.4. The van der Waals surface area contributed by atoms with Crippen molar-refractivity contribution in [3.8, 4) is 0 Å². The van der Waals surface area contributed by atoms with Crippen molar-refractivity contribution in [3.05, 3.63) is 0 Å². The lowest BCUT2D eigenvalue weighted by molar-refractivity contribution is 0.385. The molecule has 2 rings (SSSR count). The van der Waals surface area contributed by atoms with Crippen LogP contribution >= 0.6 is 0 Å². The fourth-order valence-corrected chi connectivity index (χ4v) is 2.76. The predicted octanol–water partition coefficient (Wildman–Crippen LogP) is 1.63. The maximum absolute atomic E-state index is 5.52. The van der Waals surface area contributed by atoms with Crippen LogP contribution in [0.2, 0.25) is 0 Å². The number of aromatic nitrogens is 3. The Morgan fingerprint density at radius 2 is 1.90 bits per heavy atom. The van der Waals surface area contributed by atoms with Gasteiger partial charge in [-0.1, -0.05) is 6.92 Å². The van der Waals surface area contributed by atoms with Gasteiger partial charge in [0.2, 0.25) is 17.8 Å². The van der Waals surface area contributed by atoms with Gasteiger partial charge in [0.05, 0.1) is 0 Å². The number of hydrogen-bond acceptors (Lipinski definition) is 7. The molecule has 3 N–H and O–H groups in total. The van der Waals surface area contributed by atoms with Crippen molar-refractivity contribution in [2.45, 2.75) is 46.6 Å². The zero-order chi connectivity index (χ0) is 15.4. The van der Waals surface area contributed by atoms with Crippen molar-refractivity contribution in [1.29, 1.82) is 0 Å². The van der Waals surface area contributed by atoms with Gasteiger partial charge >= 0.3 is 0 Å². The molecule has 2 atom stereocenters. The van der Waals surface area contributed by atoms with Crippen molar-refractivity contribution >= 4 is 17.8 Å². The van der Waals surface area contributed by atoms with E-state index in [0.717, 1.165) is 25.6 Å². The van der Waals surface area contributed by atoms with Crippen molar-refractivity contribution < 1.29 is 0 Å². The standard InChI is InChI=1S/C14H27N7/c1-5-20(6-2)13-16-12(19-15)17-14(18-13)21-9-10(3)7-8-11(21)4/h10-11H,5-9,15H2,1-4H3,(H,16,17,18,19). The number of hydrogen-bond donors (Lipinski definition) is 2. The number of hydrazine groups is 1. The number of anilines is 3. The van der Waals surface area contributed by atoms with E-state index in [2.05, 4.69) is 57.9 Å². The minimum absolute atomic E-state index is 0.423. The highest BCUT2D eigenvalue weighted by Crippen LogP contribution is 2.26. The molecular weight excluding hydrogens is 266 g/mol. The summed E-state index contributed by atoms with van der Waals surface area (Å²) >= 11 is 0. The minimum atomic E-state index is 0.423. The Labute approximate surface area is 126 Å². The molecule has 0 bridgehead atoms. The summed E-state index contributed by atoms with van der Waals surface area (Å²) in [4.78, 5) is 17.9. The second-order valence-electron chi connectivity index (χ2n) is 5.76. The first-order valence-electron chi connectivity index (χ1n) is 7.83. The normalized spacial score (nSPS) is 22.2. The third-order valence-electron chi connectivity index (χ3n) is 4.16. The molecule has 2 heterocycles. The maximum Gasteiger partial charge on any atom is 0.243 e. The molecule has 7 heteroatoms. The lowest BCUT2D eigenvalue weighted by Gasteiger charge is -2.37. The van der Waals surface area contributed by atoms with Crippen molar-refractivity contribution in [2.24, 2.45) is 11.8 Å². The van der Waals surface area contributed by atoms with Gasteiger partial charge in [0.15, 0.2) is 0 Å². The summed E-state index contributed by atoms with van der Waals surface area (Å²) in [5.74, 6) is 8.01. The van der Waals surface area contributed by atoms with Crippen LogP contribution in [0.1, 0.15) is 40.5 Å². The summed E-state index contributed by atoms with van der Waals surface area (Å²) < 4.78 is 0. The van der Waals surface area contributed by atoms with Gasteiger partial charge in [-0.15, -0.1) is 0 Å². The van der Waals surface area contributed by atoms with E-state index in [-0.39, 0.29) is 0 Å². The number of nitrogens with zero attached hydrogens (tertiary/aromatic N) is 5. The van der Waals surface area contributed by atoms with Crippen LogP contribution in [-0.2, 0) is 0 Å². The summed E-state index contributed by atoms with van der Waals surface area (Å²) in [7, 11) is 0. The van der Waals surface area contributed by atoms with Crippen LogP contribution in [0, 0.1) is 5.92 Å². The summed E-state index contributed by atoms with van der Waals surface area (Å²) in [5.41, 5.74) is 2.56. The molecule has 0 amide bonds. The van der Waals surface area contributed by atoms with E-state index in [1.54, 1.807) is 0 Å². The topological polar surface area (TPSA) is 83.2 Å². The third-order valence-corrected chi connectivity index (χ3v) is 4.16. The van der Waals surface area contributed by atoms with E-state index >= 15 is 0 Å². The van der Waals surface area contributed by atoms with E-state index in [0.29, 0.717) is 23.9 Å². The largest absolute Gasteiger partial charge is 0.341 e. The second-order valence-corrected chi connectivity index (χ2v) is 5.76. The summed E-state index contributed by atoms with van der Waals surface area (Å²) in [5, 5.41) is 0. The van der Waals surface area contributed by atoms with Crippen LogP contribution in [0.4, 0.5) is 17.8 Å². The van der Waals surface area contributed by atoms with Gasteiger partial charge < -0.3 is 9.80 Å². The average molecular weight is 293 g/mol. The fraction of sp³-hybridized carbons (Fsp3) is 0.786. The molecule has 0 saturated carbocycles. The van der Waals surface area contributed by atoms with E-state index in [1.165, 1.54) is 12.8 Å². The SMILES string of the molecule is CCN(CC)c1nc(NN)nc(N2CC(C)CCC2C)n1. The van der Waals surface area contributed by atoms with Crippen LogP contribution in [-0.4, -0.2) is 40.6 Å². The Kier molecular flexibility index (Phi) is 5.17. The van der Waals surface area contributed by atoms with Crippen molar-refractivity contribution in [3.63, 3.8) is 0 Å². The van der Waals surface area contributed by atoms with Crippen molar-refractivity contribution in [2.75, 3.05) is 34.9 Å². The monoisotopic (exact) mass is 293 g/mol. The quantitative estimate of drug-likeness (QED) is 0.630. The number of nitrogens with two attached hydrogens (primary N) is 1. The molecule has 21 heavy (non-hydrogen) atoms. The third kappa shape index (κ3) is 3.53. The minimum Gasteiger partial charge on any atom is -0.341 e. The van der Waals surface area contributed by atoms with E-state index in [9.17, 15) is 0 Å². The highest BCUT2D eigenvalue weighted by Gasteiger charge is 2.26. The maximum atomic E-state index is 5.52. The van der Waals surface area contributed by atoms with Gasteiger partial charge in [0.1, 0.15) is 0 Å². The first-order valence-corrected chi connectivity index (χ1v) is 7.83.